The maximum absolute atomic E-state index is 5.63. The number of guanidine groups is 1. The SMILES string of the molecule is NC1=NC[C@H]2NCCCN12. The number of nitrogens with two attached hydrogens (primary N) is 1. The van der Waals surface area contributed by atoms with Gasteiger partial charge < -0.3 is 10.6 Å². The maximum Gasteiger partial charge on any atom is 0.192 e. The minimum absolute atomic E-state index is 0.397. The van der Waals surface area contributed by atoms with Gasteiger partial charge in [-0.3, -0.25) is 5.32 Å². The van der Waals surface area contributed by atoms with Gasteiger partial charge in [-0.2, -0.15) is 0 Å². The van der Waals surface area contributed by atoms with Crippen molar-refractivity contribution in [2.75, 3.05) is 19.6 Å². The standard InChI is InChI=1S/C6H12N4/c7-6-9-4-5-8-2-1-3-10(5)6/h5,8H,1-4H2,(H2,7,9)/t5-/m0/s1. The van der Waals surface area contributed by atoms with Gasteiger partial charge in [-0.05, 0) is 13.0 Å². The van der Waals surface area contributed by atoms with E-state index in [0.29, 0.717) is 12.1 Å². The van der Waals surface area contributed by atoms with Crippen molar-refractivity contribution in [1.82, 2.24) is 10.2 Å². The average Bonchev–Trinajstić information content (AvgIpc) is 2.34. The van der Waals surface area contributed by atoms with E-state index in [1.54, 1.807) is 0 Å². The Morgan fingerprint density at radius 2 is 2.60 bits per heavy atom. The molecule has 0 aromatic heterocycles. The van der Waals surface area contributed by atoms with Crippen molar-refractivity contribution in [2.24, 2.45) is 10.7 Å². The van der Waals surface area contributed by atoms with Crippen LogP contribution < -0.4 is 11.1 Å². The van der Waals surface area contributed by atoms with Crippen LogP contribution in [0, 0.1) is 0 Å². The zero-order chi connectivity index (χ0) is 6.97. The van der Waals surface area contributed by atoms with Crippen LogP contribution >= 0.6 is 0 Å². The molecule has 10 heavy (non-hydrogen) atoms. The monoisotopic (exact) mass is 140 g/mol. The summed E-state index contributed by atoms with van der Waals surface area (Å²) in [4.78, 5) is 6.27. The first kappa shape index (κ1) is 5.97. The highest BCUT2D eigenvalue weighted by Crippen LogP contribution is 2.09. The van der Waals surface area contributed by atoms with E-state index in [0.717, 1.165) is 19.6 Å². The van der Waals surface area contributed by atoms with Crippen LogP contribution in [0.2, 0.25) is 0 Å². The van der Waals surface area contributed by atoms with Gasteiger partial charge in [-0.25, -0.2) is 4.99 Å². The van der Waals surface area contributed by atoms with Crippen LogP contribution in [0.5, 0.6) is 0 Å². The summed E-state index contributed by atoms with van der Waals surface area (Å²) in [6.07, 6.45) is 1.57. The lowest BCUT2D eigenvalue weighted by Gasteiger charge is -2.31. The summed E-state index contributed by atoms with van der Waals surface area (Å²) in [5.41, 5.74) is 5.63. The number of nitrogens with one attached hydrogen (secondary N) is 1. The molecule has 3 N–H and O–H groups in total. The zero-order valence-electron chi connectivity index (χ0n) is 5.88. The summed E-state index contributed by atoms with van der Waals surface area (Å²) < 4.78 is 0. The number of aliphatic imine (C=N–C) groups is 1. The second-order valence-corrected chi connectivity index (χ2v) is 2.72. The van der Waals surface area contributed by atoms with E-state index in [-0.39, 0.29) is 0 Å². The third-order valence-corrected chi connectivity index (χ3v) is 2.05. The van der Waals surface area contributed by atoms with Crippen LogP contribution in [-0.2, 0) is 0 Å². The Morgan fingerprint density at radius 1 is 1.70 bits per heavy atom. The second-order valence-electron chi connectivity index (χ2n) is 2.72. The fourth-order valence-electron chi connectivity index (χ4n) is 1.49. The molecule has 2 aliphatic rings. The highest BCUT2D eigenvalue weighted by molar-refractivity contribution is 5.80. The molecule has 1 fully saturated rings. The lowest BCUT2D eigenvalue weighted by molar-refractivity contribution is 0.244. The Kier molecular flexibility index (Phi) is 1.27. The topological polar surface area (TPSA) is 53.6 Å². The molecule has 0 saturated carbocycles. The molecule has 1 saturated heterocycles. The molecule has 4 heteroatoms. The molecule has 0 aromatic carbocycles. The van der Waals surface area contributed by atoms with Gasteiger partial charge in [0.05, 0.1) is 6.54 Å². The summed E-state index contributed by atoms with van der Waals surface area (Å²) in [5.74, 6) is 0.706. The van der Waals surface area contributed by atoms with Crippen molar-refractivity contribution < 1.29 is 0 Å². The quantitative estimate of drug-likeness (QED) is 0.451. The Hall–Kier alpha value is -0.770. The molecule has 2 rings (SSSR count). The summed E-state index contributed by atoms with van der Waals surface area (Å²) in [5, 5.41) is 3.34. The van der Waals surface area contributed by atoms with Gasteiger partial charge in [0.1, 0.15) is 6.17 Å². The number of hydrogen-bond donors (Lipinski definition) is 2. The maximum atomic E-state index is 5.63. The molecule has 0 amide bonds. The van der Waals surface area contributed by atoms with Gasteiger partial charge in [0.2, 0.25) is 0 Å². The molecule has 0 aliphatic carbocycles. The molecule has 0 radical (unpaired) electrons. The Morgan fingerprint density at radius 3 is 3.40 bits per heavy atom. The average molecular weight is 140 g/mol. The normalized spacial score (nSPS) is 31.8. The van der Waals surface area contributed by atoms with Crippen LogP contribution in [0.4, 0.5) is 0 Å². The molecule has 56 valence electrons. The van der Waals surface area contributed by atoms with Crippen molar-refractivity contribution in [3.05, 3.63) is 0 Å². The van der Waals surface area contributed by atoms with E-state index in [2.05, 4.69) is 15.2 Å². The molecule has 0 unspecified atom stereocenters. The second kappa shape index (κ2) is 2.12. The smallest absolute Gasteiger partial charge is 0.192 e. The predicted octanol–water partition coefficient (Wildman–Crippen LogP) is -1.06. The van der Waals surface area contributed by atoms with Gasteiger partial charge in [-0.15, -0.1) is 0 Å². The Bertz CT molecular complexity index is 165. The molecule has 1 atom stereocenters. The van der Waals surface area contributed by atoms with Crippen molar-refractivity contribution >= 4 is 5.96 Å². The van der Waals surface area contributed by atoms with E-state index < -0.39 is 0 Å². The molecule has 2 aliphatic heterocycles. The Labute approximate surface area is 60.1 Å². The van der Waals surface area contributed by atoms with Gasteiger partial charge in [0.25, 0.3) is 0 Å². The molecule has 2 heterocycles. The first-order valence-corrected chi connectivity index (χ1v) is 3.68. The number of nitrogens with zero attached hydrogens (tertiary/aromatic N) is 2. The van der Waals surface area contributed by atoms with E-state index in [1.807, 2.05) is 0 Å². The lowest BCUT2D eigenvalue weighted by Crippen LogP contribution is -2.53. The van der Waals surface area contributed by atoms with E-state index in [1.165, 1.54) is 6.42 Å². The third kappa shape index (κ3) is 0.759. The van der Waals surface area contributed by atoms with Gasteiger partial charge in [0.15, 0.2) is 5.96 Å². The predicted molar refractivity (Wildman–Crippen MR) is 39.6 cm³/mol. The number of rotatable bonds is 0. The molecule has 0 aromatic rings. The third-order valence-electron chi connectivity index (χ3n) is 2.05. The highest BCUT2D eigenvalue weighted by Gasteiger charge is 2.27. The molecular weight excluding hydrogens is 128 g/mol. The van der Waals surface area contributed by atoms with E-state index in [4.69, 9.17) is 5.73 Å². The molecule has 4 nitrogen and oxygen atoms in total. The van der Waals surface area contributed by atoms with E-state index >= 15 is 0 Å². The van der Waals surface area contributed by atoms with Crippen LogP contribution in [0.25, 0.3) is 0 Å². The molecule has 0 bridgehead atoms. The van der Waals surface area contributed by atoms with Crippen LogP contribution in [0.1, 0.15) is 6.42 Å². The summed E-state index contributed by atoms with van der Waals surface area (Å²) >= 11 is 0. The summed E-state index contributed by atoms with van der Waals surface area (Å²) in [6, 6.07) is 0. The summed E-state index contributed by atoms with van der Waals surface area (Å²) in [6.45, 7) is 2.99. The summed E-state index contributed by atoms with van der Waals surface area (Å²) in [7, 11) is 0. The minimum Gasteiger partial charge on any atom is -0.370 e. The van der Waals surface area contributed by atoms with Crippen LogP contribution in [0.15, 0.2) is 4.99 Å². The van der Waals surface area contributed by atoms with Crippen LogP contribution in [0.3, 0.4) is 0 Å². The Balaban J connectivity index is 2.08. The van der Waals surface area contributed by atoms with Crippen LogP contribution in [-0.4, -0.2) is 36.7 Å². The molecular formula is C6H12N4. The number of hydrogen-bond acceptors (Lipinski definition) is 4. The largest absolute Gasteiger partial charge is 0.370 e. The van der Waals surface area contributed by atoms with Gasteiger partial charge in [0, 0.05) is 6.54 Å². The highest BCUT2D eigenvalue weighted by atomic mass is 15.4. The first-order valence-electron chi connectivity index (χ1n) is 3.68. The first-order chi connectivity index (χ1) is 4.88. The van der Waals surface area contributed by atoms with E-state index in [9.17, 15) is 0 Å². The van der Waals surface area contributed by atoms with Crippen molar-refractivity contribution in [2.45, 2.75) is 12.6 Å². The fraction of sp³-hybridized carbons (Fsp3) is 0.833. The van der Waals surface area contributed by atoms with Gasteiger partial charge >= 0.3 is 0 Å². The van der Waals surface area contributed by atoms with Crippen molar-refractivity contribution in [3.63, 3.8) is 0 Å². The van der Waals surface area contributed by atoms with Gasteiger partial charge in [-0.1, -0.05) is 0 Å². The zero-order valence-corrected chi connectivity index (χ0v) is 5.88. The lowest BCUT2D eigenvalue weighted by atomic mass is 10.3. The fourth-order valence-corrected chi connectivity index (χ4v) is 1.49. The van der Waals surface area contributed by atoms with Crippen molar-refractivity contribution in [1.29, 1.82) is 0 Å². The number of fused-ring (bicyclic) bond motifs is 1. The van der Waals surface area contributed by atoms with Crippen molar-refractivity contribution in [3.8, 4) is 0 Å². The molecule has 0 spiro atoms. The minimum atomic E-state index is 0.397.